The number of rotatable bonds is 8. The molecule has 0 aromatic heterocycles. The molecule has 2 fully saturated rings. The number of carbonyl (C=O) groups excluding carboxylic acids is 2. The monoisotopic (exact) mass is 368 g/mol. The van der Waals surface area contributed by atoms with Gasteiger partial charge in [-0.25, -0.2) is 4.79 Å². The number of nitrogens with one attached hydrogen (secondary N) is 1. The van der Waals surface area contributed by atoms with E-state index in [9.17, 15) is 19.5 Å². The van der Waals surface area contributed by atoms with Crippen molar-refractivity contribution in [2.45, 2.75) is 89.9 Å². The van der Waals surface area contributed by atoms with Gasteiger partial charge in [0.25, 0.3) is 0 Å². The number of aliphatic carboxylic acids is 1. The number of carboxylic acids is 1. The van der Waals surface area contributed by atoms with E-state index in [0.717, 1.165) is 32.1 Å². The Morgan fingerprint density at radius 2 is 1.92 bits per heavy atom. The van der Waals surface area contributed by atoms with Crippen molar-refractivity contribution < 1.29 is 24.2 Å². The van der Waals surface area contributed by atoms with E-state index in [1.54, 1.807) is 18.7 Å². The highest BCUT2D eigenvalue weighted by atomic mass is 16.5. The molecule has 2 aliphatic rings. The summed E-state index contributed by atoms with van der Waals surface area (Å²) in [5.74, 6) is -1.24. The third kappa shape index (κ3) is 4.55. The molecule has 0 spiro atoms. The van der Waals surface area contributed by atoms with Crippen molar-refractivity contribution in [3.63, 3.8) is 0 Å². The first-order chi connectivity index (χ1) is 12.4. The molecule has 1 unspecified atom stereocenters. The minimum absolute atomic E-state index is 0.00817. The third-order valence-electron chi connectivity index (χ3n) is 5.60. The van der Waals surface area contributed by atoms with Gasteiger partial charge in [0.05, 0.1) is 12.6 Å². The highest BCUT2D eigenvalue weighted by Gasteiger charge is 2.48. The van der Waals surface area contributed by atoms with Gasteiger partial charge in [0.1, 0.15) is 12.1 Å². The zero-order chi connectivity index (χ0) is 19.3. The number of hydrogen-bond acceptors (Lipinski definition) is 5. The van der Waals surface area contributed by atoms with Crippen molar-refractivity contribution in [1.29, 1.82) is 0 Å². The molecule has 2 N–H and O–H groups in total. The summed E-state index contributed by atoms with van der Waals surface area (Å²) < 4.78 is 5.09. The molecule has 148 valence electrons. The molecule has 7 nitrogen and oxygen atoms in total. The van der Waals surface area contributed by atoms with E-state index in [1.807, 2.05) is 6.92 Å². The van der Waals surface area contributed by atoms with Crippen LogP contribution in [0.25, 0.3) is 0 Å². The summed E-state index contributed by atoms with van der Waals surface area (Å²) in [5, 5.41) is 12.7. The lowest BCUT2D eigenvalue weighted by atomic mass is 9.84. The molecule has 0 bridgehead atoms. The van der Waals surface area contributed by atoms with Crippen LogP contribution < -0.4 is 5.32 Å². The van der Waals surface area contributed by atoms with E-state index in [0.29, 0.717) is 19.4 Å². The van der Waals surface area contributed by atoms with E-state index in [2.05, 4.69) is 5.32 Å². The van der Waals surface area contributed by atoms with Gasteiger partial charge in [-0.05, 0) is 45.4 Å². The van der Waals surface area contributed by atoms with Crippen LogP contribution in [0.4, 0.5) is 0 Å². The lowest BCUT2D eigenvalue weighted by Gasteiger charge is -2.35. The smallest absolute Gasteiger partial charge is 0.326 e. The Morgan fingerprint density at radius 1 is 1.23 bits per heavy atom. The van der Waals surface area contributed by atoms with Crippen molar-refractivity contribution in [3.8, 4) is 0 Å². The predicted molar refractivity (Wildman–Crippen MR) is 96.6 cm³/mol. The second kappa shape index (κ2) is 9.35. The van der Waals surface area contributed by atoms with Crippen molar-refractivity contribution in [2.75, 3.05) is 6.61 Å². The minimum Gasteiger partial charge on any atom is -0.480 e. The van der Waals surface area contributed by atoms with Gasteiger partial charge in [-0.1, -0.05) is 26.2 Å². The van der Waals surface area contributed by atoms with Crippen molar-refractivity contribution in [1.82, 2.24) is 10.2 Å². The van der Waals surface area contributed by atoms with Crippen LogP contribution in [0.1, 0.15) is 65.7 Å². The minimum atomic E-state index is -0.935. The molecular weight excluding hydrogens is 336 g/mol. The fraction of sp³-hybridized carbons (Fsp3) is 0.842. The van der Waals surface area contributed by atoms with Gasteiger partial charge in [0.2, 0.25) is 5.91 Å². The van der Waals surface area contributed by atoms with E-state index >= 15 is 0 Å². The number of carbonyl (C=O) groups is 3. The van der Waals surface area contributed by atoms with Gasteiger partial charge in [0.15, 0.2) is 0 Å². The van der Waals surface area contributed by atoms with Gasteiger partial charge < -0.3 is 14.7 Å². The Bertz CT molecular complexity index is 524. The largest absolute Gasteiger partial charge is 0.480 e. The first-order valence-corrected chi connectivity index (χ1v) is 9.88. The van der Waals surface area contributed by atoms with Crippen LogP contribution in [-0.4, -0.2) is 58.6 Å². The number of carboxylic acid groups (broad SMARTS) is 1. The van der Waals surface area contributed by atoms with E-state index in [-0.39, 0.29) is 23.8 Å². The molecule has 1 aliphatic heterocycles. The molecule has 1 saturated heterocycles. The number of fused-ring (bicyclic) bond motifs is 1. The van der Waals surface area contributed by atoms with Crippen molar-refractivity contribution in [2.24, 2.45) is 5.92 Å². The van der Waals surface area contributed by atoms with Gasteiger partial charge in [-0.3, -0.25) is 14.9 Å². The quantitative estimate of drug-likeness (QED) is 0.636. The lowest BCUT2D eigenvalue weighted by molar-refractivity contribution is -0.152. The summed E-state index contributed by atoms with van der Waals surface area (Å²) in [6.07, 6.45) is 5.87. The summed E-state index contributed by atoms with van der Waals surface area (Å²) in [6.45, 7) is 5.72. The van der Waals surface area contributed by atoms with Crippen LogP contribution in [0.15, 0.2) is 0 Å². The first-order valence-electron chi connectivity index (χ1n) is 9.88. The third-order valence-corrected chi connectivity index (χ3v) is 5.60. The number of ether oxygens (including phenoxy) is 1. The van der Waals surface area contributed by atoms with Crippen LogP contribution >= 0.6 is 0 Å². The molecule has 1 amide bonds. The summed E-state index contributed by atoms with van der Waals surface area (Å²) in [4.78, 5) is 38.5. The Morgan fingerprint density at radius 3 is 2.54 bits per heavy atom. The van der Waals surface area contributed by atoms with E-state index in [1.165, 1.54) is 0 Å². The van der Waals surface area contributed by atoms with Crippen LogP contribution in [0.5, 0.6) is 0 Å². The SMILES string of the molecule is CCC[C@@H](NC(C)C(=O)N1[C@H](C(=O)O)C[C@@H]2CCCC[C@@H]21)C(=O)OCC. The summed E-state index contributed by atoms with van der Waals surface area (Å²) in [7, 11) is 0. The number of nitrogens with zero attached hydrogens (tertiary/aromatic N) is 1. The second-order valence-corrected chi connectivity index (χ2v) is 7.43. The van der Waals surface area contributed by atoms with Crippen LogP contribution in [0.2, 0.25) is 0 Å². The molecule has 1 saturated carbocycles. The molecule has 7 heteroatoms. The zero-order valence-electron chi connectivity index (χ0n) is 16.1. The van der Waals surface area contributed by atoms with Crippen LogP contribution in [-0.2, 0) is 19.1 Å². The van der Waals surface area contributed by atoms with Gasteiger partial charge >= 0.3 is 11.9 Å². The molecule has 0 radical (unpaired) electrons. The molecule has 1 heterocycles. The van der Waals surface area contributed by atoms with E-state index < -0.39 is 24.1 Å². The Hall–Kier alpha value is -1.63. The normalized spacial score (nSPS) is 27.5. The molecule has 0 aromatic carbocycles. The maximum Gasteiger partial charge on any atom is 0.326 e. The van der Waals surface area contributed by atoms with Gasteiger partial charge in [0, 0.05) is 6.04 Å². The Labute approximate surface area is 155 Å². The predicted octanol–water partition coefficient (Wildman–Crippen LogP) is 1.94. The number of esters is 1. The van der Waals surface area contributed by atoms with Gasteiger partial charge in [-0.2, -0.15) is 0 Å². The number of amides is 1. The average Bonchev–Trinajstić information content (AvgIpc) is 3.00. The summed E-state index contributed by atoms with van der Waals surface area (Å²) in [6, 6.07) is -1.92. The highest BCUT2D eigenvalue weighted by Crippen LogP contribution is 2.40. The Balaban J connectivity index is 2.10. The van der Waals surface area contributed by atoms with Crippen molar-refractivity contribution in [3.05, 3.63) is 0 Å². The fourth-order valence-corrected chi connectivity index (χ4v) is 4.39. The zero-order valence-corrected chi connectivity index (χ0v) is 16.1. The maximum absolute atomic E-state index is 13.1. The lowest BCUT2D eigenvalue weighted by Crippen LogP contribution is -2.55. The second-order valence-electron chi connectivity index (χ2n) is 7.43. The number of likely N-dealkylation sites (tertiary alicyclic amines) is 1. The summed E-state index contributed by atoms with van der Waals surface area (Å²) in [5.41, 5.74) is 0. The molecule has 1 aliphatic carbocycles. The average molecular weight is 368 g/mol. The molecule has 26 heavy (non-hydrogen) atoms. The molecule has 2 rings (SSSR count). The Kier molecular flexibility index (Phi) is 7.43. The van der Waals surface area contributed by atoms with Crippen molar-refractivity contribution >= 4 is 17.8 Å². The van der Waals surface area contributed by atoms with Crippen LogP contribution in [0.3, 0.4) is 0 Å². The van der Waals surface area contributed by atoms with Gasteiger partial charge in [-0.15, -0.1) is 0 Å². The molecular formula is C19H32N2O5. The van der Waals surface area contributed by atoms with E-state index in [4.69, 9.17) is 4.74 Å². The highest BCUT2D eigenvalue weighted by molar-refractivity contribution is 5.88. The molecule has 5 atom stereocenters. The number of hydrogen-bond donors (Lipinski definition) is 2. The first kappa shape index (κ1) is 20.7. The molecule has 0 aromatic rings. The fourth-order valence-electron chi connectivity index (χ4n) is 4.39. The maximum atomic E-state index is 13.1. The topological polar surface area (TPSA) is 95.9 Å². The standard InChI is InChI=1S/C19H32N2O5/c1-4-8-14(19(25)26-5-2)20-12(3)17(22)21-15-10-7-6-9-13(15)11-16(21)18(23)24/h12-16,20H,4-11H2,1-3H3,(H,23,24)/t12?,13-,14+,15-,16-/m0/s1. The van der Waals surface area contributed by atoms with Crippen LogP contribution in [0, 0.1) is 5.92 Å². The summed E-state index contributed by atoms with van der Waals surface area (Å²) >= 11 is 0.